The summed E-state index contributed by atoms with van der Waals surface area (Å²) >= 11 is 1.71. The van der Waals surface area contributed by atoms with Gasteiger partial charge in [-0.05, 0) is 164 Å². The van der Waals surface area contributed by atoms with Crippen LogP contribution in [0.25, 0.3) is 43.8 Å². The second-order valence-electron chi connectivity index (χ2n) is 25.2. The van der Waals surface area contributed by atoms with Crippen LogP contribution in [0.1, 0.15) is 126 Å². The molecule has 442 valence electrons. The predicted molar refractivity (Wildman–Crippen MR) is 342 cm³/mol. The van der Waals surface area contributed by atoms with E-state index in [1.165, 1.54) is 88.3 Å². The van der Waals surface area contributed by atoms with E-state index in [9.17, 15) is 0 Å². The summed E-state index contributed by atoms with van der Waals surface area (Å²) in [5.41, 5.74) is 26.2. The molecule has 0 saturated heterocycles. The highest BCUT2D eigenvalue weighted by Crippen LogP contribution is 2.45. The maximum atomic E-state index is 5.67. The van der Waals surface area contributed by atoms with Gasteiger partial charge >= 0.3 is 0 Å². The zero-order chi connectivity index (χ0) is 59.4. The minimum Gasteiger partial charge on any atom is -0.479 e. The predicted octanol–water partition coefficient (Wildman–Crippen LogP) is 14.2. The minimum atomic E-state index is -0.0772. The van der Waals surface area contributed by atoms with Gasteiger partial charge in [0.05, 0.1) is 21.8 Å². The SMILES string of the molecule is CC1=NC2(CCc3cccc(-c4c(C)n[nH]c4C)c3C2)CO1.CC1=NC2(CCc3cccc(-c4c(C)noc4C)c3C2)CO1.CC1=NC2(CCc3cccc(-c4cncc(C)c4)c3C2)CO1.CC1=N[C@]2(CCc3c(cccc3-c3cncs3)C2)CO1. The fourth-order valence-corrected chi connectivity index (χ4v) is 15.4. The summed E-state index contributed by atoms with van der Waals surface area (Å²) in [5, 5.41) is 11.6. The van der Waals surface area contributed by atoms with E-state index in [0.717, 1.165) is 149 Å². The average Bonchev–Trinajstić information content (AvgIpc) is 2.27. The third-order valence-electron chi connectivity index (χ3n) is 18.9. The Hall–Kier alpha value is -8.04. The second kappa shape index (κ2) is 23.0. The Kier molecular flexibility index (Phi) is 15.3. The number of aromatic nitrogens is 5. The monoisotopic (exact) mass is 1170 g/mol. The summed E-state index contributed by atoms with van der Waals surface area (Å²) in [5.74, 6) is 4.20. The molecule has 8 aromatic rings. The fraction of sp³-hybridized carbons (Fsp3) is 0.408. The van der Waals surface area contributed by atoms with Crippen LogP contribution in [0.5, 0.6) is 0 Å². The summed E-state index contributed by atoms with van der Waals surface area (Å²) in [6, 6.07) is 28.6. The number of pyridine rings is 1. The van der Waals surface area contributed by atoms with Crippen molar-refractivity contribution in [1.29, 1.82) is 0 Å². The Morgan fingerprint density at radius 2 is 0.930 bits per heavy atom. The lowest BCUT2D eigenvalue weighted by Gasteiger charge is -2.32. The molecule has 4 aromatic carbocycles. The van der Waals surface area contributed by atoms with E-state index in [1.54, 1.807) is 11.3 Å². The largest absolute Gasteiger partial charge is 0.479 e. The van der Waals surface area contributed by atoms with Crippen molar-refractivity contribution in [3.8, 4) is 43.8 Å². The van der Waals surface area contributed by atoms with Crippen LogP contribution in [0.2, 0.25) is 0 Å². The molecule has 0 bridgehead atoms. The highest BCUT2D eigenvalue weighted by atomic mass is 32.1. The van der Waals surface area contributed by atoms with Gasteiger partial charge in [0.15, 0.2) is 23.6 Å². The smallest absolute Gasteiger partial charge is 0.180 e. The average molecular weight is 1170 g/mol. The number of hydrogen-bond donors (Lipinski definition) is 1. The Morgan fingerprint density at radius 3 is 1.38 bits per heavy atom. The Labute approximate surface area is 508 Å². The lowest BCUT2D eigenvalue weighted by Crippen LogP contribution is -2.35. The first-order valence-electron chi connectivity index (χ1n) is 30.5. The first-order valence-corrected chi connectivity index (χ1v) is 31.4. The number of benzene rings is 4. The molecular weight excluding hydrogens is 1090 g/mol. The molecule has 4 atom stereocenters. The number of fused-ring (bicyclic) bond motifs is 4. The maximum absolute atomic E-state index is 5.67. The van der Waals surface area contributed by atoms with Crippen molar-refractivity contribution in [2.24, 2.45) is 20.0 Å². The van der Waals surface area contributed by atoms with E-state index in [1.807, 2.05) is 65.6 Å². The maximum Gasteiger partial charge on any atom is 0.180 e. The molecule has 15 heteroatoms. The van der Waals surface area contributed by atoms with Gasteiger partial charge in [-0.1, -0.05) is 78.0 Å². The van der Waals surface area contributed by atoms with Gasteiger partial charge in [-0.3, -0.25) is 15.1 Å². The van der Waals surface area contributed by atoms with Crippen LogP contribution in [-0.4, -0.2) is 97.5 Å². The van der Waals surface area contributed by atoms with E-state index in [4.69, 9.17) is 43.4 Å². The summed E-state index contributed by atoms with van der Waals surface area (Å²) in [6.45, 7) is 20.9. The molecule has 16 rings (SSSR count). The van der Waals surface area contributed by atoms with Crippen LogP contribution < -0.4 is 0 Å². The molecule has 4 aromatic heterocycles. The summed E-state index contributed by atoms with van der Waals surface area (Å²) in [7, 11) is 0. The number of ether oxygens (including phenoxy) is 4. The zero-order valence-electron chi connectivity index (χ0n) is 51.2. The fourth-order valence-electron chi connectivity index (χ4n) is 14.7. The lowest BCUT2D eigenvalue weighted by molar-refractivity contribution is 0.236. The number of thiazole rings is 1. The van der Waals surface area contributed by atoms with Crippen molar-refractivity contribution >= 4 is 34.9 Å². The normalized spacial score (nSPS) is 23.5. The van der Waals surface area contributed by atoms with Crippen molar-refractivity contribution in [2.45, 2.75) is 162 Å². The van der Waals surface area contributed by atoms with Crippen molar-refractivity contribution < 1.29 is 23.5 Å². The van der Waals surface area contributed by atoms with Crippen molar-refractivity contribution in [1.82, 2.24) is 25.3 Å². The molecule has 14 nitrogen and oxygen atoms in total. The highest BCUT2D eigenvalue weighted by molar-refractivity contribution is 7.13. The molecule has 3 unspecified atom stereocenters. The summed E-state index contributed by atoms with van der Waals surface area (Å²) in [4.78, 5) is 29.0. The summed E-state index contributed by atoms with van der Waals surface area (Å²) in [6.07, 6.45) is 18.2. The topological polar surface area (TPSA) is 167 Å². The molecule has 1 N–H and O–H groups in total. The zero-order valence-corrected chi connectivity index (χ0v) is 52.0. The minimum absolute atomic E-state index is 0.0105. The van der Waals surface area contributed by atoms with Crippen LogP contribution in [-0.2, 0) is 70.3 Å². The number of aryl methyl sites for hydroxylation is 8. The standard InChI is InChI=1S/C19H20N2O.C18H21N3O.C18H20N2O2.C16H16N2OS/c1-13-8-16(11-20-10-13)17-5-3-4-15-6-7-19(9-18(15)17)12-22-14(2)21-19;1-11-17(12(2)21-20-11)15-6-4-5-14-7-8-18(9-16(14)15)10-22-13(3)19-18;1-11-17(12(2)22-20-11)15-6-4-5-14-7-8-18(9-16(14)15)10-21-13(3)19-18;1-11-18-16(9-19-11)6-5-13-12(7-16)3-2-4-14(13)15-8-17-10-20-15/h3-5,8,10-11H,6-7,9,12H2,1-2H3;4-6H,7-10H2,1-3H3,(H,20,21);4-6H,7-10H2,1-3H3;2-4,8,10H,5-7,9H2,1H3/t;;;16-/m...0/s1. The first-order chi connectivity index (χ1) is 41.6. The Morgan fingerprint density at radius 1 is 0.453 bits per heavy atom. The molecule has 4 aliphatic carbocycles. The lowest BCUT2D eigenvalue weighted by atomic mass is 9.76. The molecule has 8 aliphatic rings. The third-order valence-corrected chi connectivity index (χ3v) is 19.7. The first kappa shape index (κ1) is 57.1. The molecule has 4 aliphatic heterocycles. The van der Waals surface area contributed by atoms with Crippen LogP contribution in [0.3, 0.4) is 0 Å². The van der Waals surface area contributed by atoms with E-state index in [-0.39, 0.29) is 22.2 Å². The van der Waals surface area contributed by atoms with Crippen molar-refractivity contribution in [3.63, 3.8) is 0 Å². The number of H-pyrrole nitrogens is 1. The Bertz CT molecular complexity index is 3850. The van der Waals surface area contributed by atoms with E-state index >= 15 is 0 Å². The van der Waals surface area contributed by atoms with Gasteiger partial charge in [0, 0.05) is 94.4 Å². The second-order valence-corrected chi connectivity index (χ2v) is 26.1. The molecule has 0 radical (unpaired) electrons. The van der Waals surface area contributed by atoms with Crippen LogP contribution in [0, 0.1) is 34.6 Å². The molecular formula is C71H77N9O5S. The third kappa shape index (κ3) is 11.2. The van der Waals surface area contributed by atoms with Crippen molar-refractivity contribution in [3.05, 3.63) is 176 Å². The van der Waals surface area contributed by atoms with E-state index in [2.05, 4.69) is 125 Å². The van der Waals surface area contributed by atoms with Gasteiger partial charge in [0.2, 0.25) is 0 Å². The molecule has 4 spiro atoms. The van der Waals surface area contributed by atoms with Gasteiger partial charge in [-0.25, -0.2) is 20.0 Å². The van der Waals surface area contributed by atoms with Crippen LogP contribution in [0.15, 0.2) is 127 Å². The molecule has 0 fully saturated rings. The van der Waals surface area contributed by atoms with Gasteiger partial charge in [0.1, 0.15) is 54.3 Å². The number of nitrogens with zero attached hydrogens (tertiary/aromatic N) is 8. The number of aromatic amines is 1. The molecule has 0 amide bonds. The van der Waals surface area contributed by atoms with E-state index in [0.29, 0.717) is 6.61 Å². The Balaban J connectivity index is 0.000000106. The number of aliphatic imine (C=N–C) groups is 4. The summed E-state index contributed by atoms with van der Waals surface area (Å²) < 4.78 is 28.0. The van der Waals surface area contributed by atoms with Crippen LogP contribution >= 0.6 is 11.3 Å². The number of hydrogen-bond acceptors (Lipinski definition) is 14. The van der Waals surface area contributed by atoms with Gasteiger partial charge in [-0.15, -0.1) is 11.3 Å². The van der Waals surface area contributed by atoms with Crippen LogP contribution in [0.4, 0.5) is 0 Å². The molecule has 86 heavy (non-hydrogen) atoms. The van der Waals surface area contributed by atoms with E-state index < -0.39 is 0 Å². The van der Waals surface area contributed by atoms with Crippen molar-refractivity contribution in [2.75, 3.05) is 26.4 Å². The quantitative estimate of drug-likeness (QED) is 0.180. The van der Waals surface area contributed by atoms with Gasteiger partial charge < -0.3 is 23.5 Å². The molecule has 8 heterocycles. The number of nitrogens with one attached hydrogen (secondary N) is 1. The molecule has 0 saturated carbocycles. The van der Waals surface area contributed by atoms with Gasteiger partial charge in [-0.2, -0.15) is 5.10 Å². The highest BCUT2D eigenvalue weighted by Gasteiger charge is 2.43. The van der Waals surface area contributed by atoms with Gasteiger partial charge in [0.25, 0.3) is 0 Å². The number of rotatable bonds is 4.